The van der Waals surface area contributed by atoms with Gasteiger partial charge >= 0.3 is 0 Å². The molecule has 0 bridgehead atoms. The van der Waals surface area contributed by atoms with Crippen LogP contribution in [0.1, 0.15) is 46.0 Å². The number of carbonyl (C=O) groups is 1. The van der Waals surface area contributed by atoms with Gasteiger partial charge in [-0.1, -0.05) is 13.8 Å². The van der Waals surface area contributed by atoms with E-state index in [1.54, 1.807) is 19.2 Å². The van der Waals surface area contributed by atoms with Crippen LogP contribution in [0.2, 0.25) is 0 Å². The van der Waals surface area contributed by atoms with Crippen molar-refractivity contribution in [3.8, 4) is 5.88 Å². The number of amides is 1. The number of piperidine rings is 1. The van der Waals surface area contributed by atoms with Crippen LogP contribution in [0.3, 0.4) is 0 Å². The molecule has 0 atom stereocenters. The molecule has 0 radical (unpaired) electrons. The highest BCUT2D eigenvalue weighted by Crippen LogP contribution is 2.32. The minimum absolute atomic E-state index is 0.0272. The lowest BCUT2D eigenvalue weighted by Crippen LogP contribution is -2.42. The third-order valence-corrected chi connectivity index (χ3v) is 7.36. The van der Waals surface area contributed by atoms with Crippen molar-refractivity contribution >= 4 is 21.6 Å². The van der Waals surface area contributed by atoms with Gasteiger partial charge in [0, 0.05) is 45.5 Å². The van der Waals surface area contributed by atoms with Crippen molar-refractivity contribution in [2.45, 2.75) is 57.3 Å². The van der Waals surface area contributed by atoms with E-state index in [4.69, 9.17) is 4.74 Å². The minimum atomic E-state index is -3.27. The van der Waals surface area contributed by atoms with E-state index in [-0.39, 0.29) is 17.3 Å². The smallest absolute Gasteiger partial charge is 0.237 e. The fourth-order valence-corrected chi connectivity index (χ4v) is 4.82. The SMILES string of the molecule is CC(C)CC(=O)N1CCC(Oc2ccc(N(C)S(=O)(=O)C3CC3)cn2)CC1. The van der Waals surface area contributed by atoms with Crippen LogP contribution in [-0.4, -0.2) is 55.7 Å². The van der Waals surface area contributed by atoms with Crippen LogP contribution in [0, 0.1) is 5.92 Å². The summed E-state index contributed by atoms with van der Waals surface area (Å²) in [5, 5.41) is -0.248. The molecule has 1 saturated carbocycles. The first-order valence-corrected chi connectivity index (χ1v) is 11.2. The van der Waals surface area contributed by atoms with E-state index in [0.29, 0.717) is 37.0 Å². The first-order chi connectivity index (χ1) is 12.8. The quantitative estimate of drug-likeness (QED) is 0.708. The summed E-state index contributed by atoms with van der Waals surface area (Å²) in [7, 11) is -1.70. The molecule has 0 aromatic carbocycles. The summed E-state index contributed by atoms with van der Waals surface area (Å²) in [5.41, 5.74) is 0.545. The van der Waals surface area contributed by atoms with E-state index in [2.05, 4.69) is 18.8 Å². The molecule has 150 valence electrons. The van der Waals surface area contributed by atoms with Crippen molar-refractivity contribution in [3.63, 3.8) is 0 Å². The summed E-state index contributed by atoms with van der Waals surface area (Å²) in [6.45, 7) is 5.51. The summed E-state index contributed by atoms with van der Waals surface area (Å²) in [6, 6.07) is 3.44. The molecular weight excluding hydrogens is 366 g/mol. The maximum absolute atomic E-state index is 12.3. The molecular formula is C19H29N3O4S. The Bertz CT molecular complexity index is 752. The van der Waals surface area contributed by atoms with Gasteiger partial charge in [0.25, 0.3) is 0 Å². The van der Waals surface area contributed by atoms with E-state index in [0.717, 1.165) is 25.7 Å². The monoisotopic (exact) mass is 395 g/mol. The molecule has 0 N–H and O–H groups in total. The van der Waals surface area contributed by atoms with Crippen LogP contribution in [0.25, 0.3) is 0 Å². The Labute approximate surface area is 161 Å². The first kappa shape index (κ1) is 19.9. The second-order valence-electron chi connectivity index (χ2n) is 7.86. The van der Waals surface area contributed by atoms with E-state index >= 15 is 0 Å². The topological polar surface area (TPSA) is 79.8 Å². The Morgan fingerprint density at radius 3 is 2.44 bits per heavy atom. The number of ether oxygens (including phenoxy) is 1. The number of nitrogens with zero attached hydrogens (tertiary/aromatic N) is 3. The lowest BCUT2D eigenvalue weighted by atomic mass is 10.1. The molecule has 1 aliphatic carbocycles. The molecule has 2 heterocycles. The Morgan fingerprint density at radius 2 is 1.93 bits per heavy atom. The van der Waals surface area contributed by atoms with Crippen molar-refractivity contribution in [2.24, 2.45) is 5.92 Å². The van der Waals surface area contributed by atoms with E-state index < -0.39 is 10.0 Å². The molecule has 1 amide bonds. The zero-order valence-corrected chi connectivity index (χ0v) is 17.1. The van der Waals surface area contributed by atoms with Crippen molar-refractivity contribution in [1.29, 1.82) is 0 Å². The molecule has 1 aliphatic heterocycles. The van der Waals surface area contributed by atoms with Crippen molar-refractivity contribution < 1.29 is 17.9 Å². The predicted octanol–water partition coefficient (Wildman–Crippen LogP) is 2.43. The summed E-state index contributed by atoms with van der Waals surface area (Å²) in [5.74, 6) is 1.07. The Balaban J connectivity index is 1.51. The zero-order valence-electron chi connectivity index (χ0n) is 16.3. The van der Waals surface area contributed by atoms with Crippen LogP contribution in [0.5, 0.6) is 5.88 Å². The van der Waals surface area contributed by atoms with Crippen molar-refractivity contribution in [3.05, 3.63) is 18.3 Å². The van der Waals surface area contributed by atoms with Crippen LogP contribution >= 0.6 is 0 Å². The third kappa shape index (κ3) is 4.91. The molecule has 0 unspecified atom stereocenters. The zero-order chi connectivity index (χ0) is 19.6. The number of aromatic nitrogens is 1. The van der Waals surface area contributed by atoms with E-state index in [1.807, 2.05) is 4.90 Å². The number of anilines is 1. The highest BCUT2D eigenvalue weighted by atomic mass is 32.2. The summed E-state index contributed by atoms with van der Waals surface area (Å²) in [4.78, 5) is 18.3. The number of rotatable bonds is 7. The molecule has 8 heteroatoms. The average molecular weight is 396 g/mol. The van der Waals surface area contributed by atoms with Crippen LogP contribution in [-0.2, 0) is 14.8 Å². The van der Waals surface area contributed by atoms with Gasteiger partial charge in [-0.05, 0) is 24.8 Å². The van der Waals surface area contributed by atoms with Crippen LogP contribution in [0.15, 0.2) is 18.3 Å². The molecule has 27 heavy (non-hydrogen) atoms. The maximum atomic E-state index is 12.3. The molecule has 7 nitrogen and oxygen atoms in total. The summed E-state index contributed by atoms with van der Waals surface area (Å²) >= 11 is 0. The Morgan fingerprint density at radius 1 is 1.26 bits per heavy atom. The van der Waals surface area contributed by atoms with Gasteiger partial charge in [0.05, 0.1) is 17.1 Å². The lowest BCUT2D eigenvalue weighted by Gasteiger charge is -2.32. The minimum Gasteiger partial charge on any atom is -0.474 e. The number of hydrogen-bond acceptors (Lipinski definition) is 5. The fraction of sp³-hybridized carbons (Fsp3) is 0.684. The first-order valence-electron chi connectivity index (χ1n) is 9.65. The predicted molar refractivity (Wildman–Crippen MR) is 104 cm³/mol. The molecule has 2 aliphatic rings. The van der Waals surface area contributed by atoms with Gasteiger partial charge in [-0.15, -0.1) is 0 Å². The number of sulfonamides is 1. The fourth-order valence-electron chi connectivity index (χ4n) is 3.24. The van der Waals surface area contributed by atoms with Gasteiger partial charge in [-0.25, -0.2) is 13.4 Å². The summed E-state index contributed by atoms with van der Waals surface area (Å²) < 4.78 is 31.8. The second kappa shape index (κ2) is 8.04. The van der Waals surface area contributed by atoms with Crippen molar-refractivity contribution in [1.82, 2.24) is 9.88 Å². The Kier molecular flexibility index (Phi) is 5.93. The molecule has 1 aromatic heterocycles. The molecule has 1 saturated heterocycles. The van der Waals surface area contributed by atoms with Crippen molar-refractivity contribution in [2.75, 3.05) is 24.4 Å². The van der Waals surface area contributed by atoms with Gasteiger partial charge in [-0.3, -0.25) is 9.10 Å². The second-order valence-corrected chi connectivity index (χ2v) is 10.1. The van der Waals surface area contributed by atoms with Gasteiger partial charge < -0.3 is 9.64 Å². The molecule has 1 aromatic rings. The highest BCUT2D eigenvalue weighted by Gasteiger charge is 2.39. The molecule has 2 fully saturated rings. The molecule has 0 spiro atoms. The largest absolute Gasteiger partial charge is 0.474 e. The number of hydrogen-bond donors (Lipinski definition) is 0. The van der Waals surface area contributed by atoms with Gasteiger partial charge in [0.2, 0.25) is 21.8 Å². The number of carbonyl (C=O) groups excluding carboxylic acids is 1. The third-order valence-electron chi connectivity index (χ3n) is 5.08. The lowest BCUT2D eigenvalue weighted by molar-refractivity contribution is -0.133. The van der Waals surface area contributed by atoms with Gasteiger partial charge in [0.15, 0.2) is 0 Å². The average Bonchev–Trinajstić information content (AvgIpc) is 3.47. The van der Waals surface area contributed by atoms with Crippen LogP contribution < -0.4 is 9.04 Å². The molecule has 3 rings (SSSR count). The highest BCUT2D eigenvalue weighted by molar-refractivity contribution is 7.93. The Hall–Kier alpha value is -1.83. The van der Waals surface area contributed by atoms with Gasteiger partial charge in [-0.2, -0.15) is 0 Å². The van der Waals surface area contributed by atoms with Gasteiger partial charge in [0.1, 0.15) is 6.10 Å². The number of pyridine rings is 1. The normalized spacial score (nSPS) is 18.6. The maximum Gasteiger partial charge on any atom is 0.237 e. The van der Waals surface area contributed by atoms with E-state index in [1.165, 1.54) is 10.5 Å². The standard InChI is InChI=1S/C19H29N3O4S/c1-14(2)12-19(23)22-10-8-16(9-11-22)26-18-7-4-15(13-20-18)21(3)27(24,25)17-5-6-17/h4,7,13-14,16-17H,5-6,8-12H2,1-3H3. The van der Waals surface area contributed by atoms with E-state index in [9.17, 15) is 13.2 Å². The number of likely N-dealkylation sites (tertiary alicyclic amines) is 1. The van der Waals surface area contributed by atoms with Crippen LogP contribution in [0.4, 0.5) is 5.69 Å². The summed E-state index contributed by atoms with van der Waals surface area (Å²) in [6.07, 6.45) is 5.19.